The molecule has 0 fully saturated rings. The van der Waals surface area contributed by atoms with Gasteiger partial charge in [-0.3, -0.25) is 0 Å². The predicted molar refractivity (Wildman–Crippen MR) is 85.7 cm³/mol. The molecule has 3 rings (SSSR count). The maximum atomic E-state index is 12.3. The summed E-state index contributed by atoms with van der Waals surface area (Å²) in [5, 5.41) is 7.42. The van der Waals surface area contributed by atoms with Crippen molar-refractivity contribution in [3.63, 3.8) is 0 Å². The van der Waals surface area contributed by atoms with E-state index >= 15 is 0 Å². The normalized spacial score (nSPS) is 10.6. The number of fused-ring (bicyclic) bond motifs is 1. The number of aromatic nitrogens is 1. The topological polar surface area (TPSA) is 58.4 Å². The zero-order valence-electron chi connectivity index (χ0n) is 11.3. The van der Waals surface area contributed by atoms with E-state index in [1.165, 1.54) is 0 Å². The van der Waals surface area contributed by atoms with Gasteiger partial charge in [0.15, 0.2) is 11.4 Å². The highest BCUT2D eigenvalue weighted by molar-refractivity contribution is 7.82. The lowest BCUT2D eigenvalue weighted by atomic mass is 10.2. The molecule has 6 heteroatoms. The van der Waals surface area contributed by atoms with Gasteiger partial charge in [-0.25, -0.2) is 9.10 Å². The number of nitrogens with zero attached hydrogens (tertiary/aromatic N) is 2. The number of urea groups is 1. The number of hydrogen-bond acceptors (Lipinski definition) is 4. The molecule has 0 unspecified atom stereocenters. The van der Waals surface area contributed by atoms with Crippen LogP contribution >= 0.6 is 12.8 Å². The lowest BCUT2D eigenvalue weighted by Gasteiger charge is -2.14. The second-order valence-corrected chi connectivity index (χ2v) is 4.96. The number of carbonyl (C=O) groups excluding carboxylic acids is 1. The van der Waals surface area contributed by atoms with Gasteiger partial charge in [0, 0.05) is 5.69 Å². The van der Waals surface area contributed by atoms with Crippen LogP contribution in [0.1, 0.15) is 5.56 Å². The Bertz CT molecular complexity index is 800. The number of anilines is 2. The van der Waals surface area contributed by atoms with E-state index in [1.54, 1.807) is 6.07 Å². The van der Waals surface area contributed by atoms with Crippen LogP contribution in [-0.4, -0.2) is 11.2 Å². The number of para-hydroxylation sites is 2. The number of aryl methyl sites for hydroxylation is 1. The van der Waals surface area contributed by atoms with Gasteiger partial charge in [-0.15, -0.1) is 0 Å². The highest BCUT2D eigenvalue weighted by atomic mass is 32.1. The van der Waals surface area contributed by atoms with E-state index in [2.05, 4.69) is 23.3 Å². The van der Waals surface area contributed by atoms with Crippen LogP contribution in [0.5, 0.6) is 0 Å². The molecule has 1 aromatic heterocycles. The van der Waals surface area contributed by atoms with Crippen molar-refractivity contribution in [1.82, 2.24) is 5.16 Å². The van der Waals surface area contributed by atoms with E-state index in [4.69, 9.17) is 4.52 Å². The van der Waals surface area contributed by atoms with E-state index in [9.17, 15) is 4.79 Å². The molecule has 2 amide bonds. The summed E-state index contributed by atoms with van der Waals surface area (Å²) in [6.07, 6.45) is 0. The van der Waals surface area contributed by atoms with Crippen LogP contribution in [0.25, 0.3) is 11.0 Å². The van der Waals surface area contributed by atoms with Crippen molar-refractivity contribution in [2.24, 2.45) is 0 Å². The van der Waals surface area contributed by atoms with Crippen molar-refractivity contribution in [2.45, 2.75) is 6.92 Å². The molecule has 0 saturated heterocycles. The van der Waals surface area contributed by atoms with Gasteiger partial charge in [-0.1, -0.05) is 48.3 Å². The van der Waals surface area contributed by atoms with Crippen LogP contribution in [0.15, 0.2) is 53.1 Å². The zero-order valence-corrected chi connectivity index (χ0v) is 12.2. The second-order valence-electron chi connectivity index (χ2n) is 4.56. The number of amides is 2. The largest absolute Gasteiger partial charge is 0.354 e. The quantitative estimate of drug-likeness (QED) is 0.703. The summed E-state index contributed by atoms with van der Waals surface area (Å²) in [7, 11) is 0. The Labute approximate surface area is 127 Å². The first-order valence-electron chi connectivity index (χ1n) is 6.37. The molecule has 2 aromatic carbocycles. The van der Waals surface area contributed by atoms with Crippen molar-refractivity contribution in [3.8, 4) is 0 Å². The third kappa shape index (κ3) is 2.57. The zero-order chi connectivity index (χ0) is 14.8. The van der Waals surface area contributed by atoms with Crippen LogP contribution in [0.4, 0.5) is 16.3 Å². The second kappa shape index (κ2) is 5.49. The highest BCUT2D eigenvalue weighted by Crippen LogP contribution is 2.27. The van der Waals surface area contributed by atoms with Gasteiger partial charge < -0.3 is 9.84 Å². The van der Waals surface area contributed by atoms with Crippen molar-refractivity contribution in [1.29, 1.82) is 0 Å². The van der Waals surface area contributed by atoms with Gasteiger partial charge in [0.2, 0.25) is 0 Å². The summed E-state index contributed by atoms with van der Waals surface area (Å²) in [6.45, 7) is 1.92. The van der Waals surface area contributed by atoms with E-state index in [1.807, 2.05) is 49.4 Å². The van der Waals surface area contributed by atoms with Crippen LogP contribution in [0.2, 0.25) is 0 Å². The Morgan fingerprint density at radius 3 is 2.71 bits per heavy atom. The Morgan fingerprint density at radius 1 is 1.19 bits per heavy atom. The number of rotatable bonds is 2. The standard InChI is InChI=1S/C15H13N3O2S/c1-10-6-2-4-8-12(10)16-15(19)18(21)14-11-7-3-5-9-13(11)20-17-14/h2-9,21H,1H3,(H,16,19). The number of carbonyl (C=O) groups is 1. The van der Waals surface area contributed by atoms with Crippen LogP contribution in [0, 0.1) is 6.92 Å². The van der Waals surface area contributed by atoms with Crippen molar-refractivity contribution in [3.05, 3.63) is 54.1 Å². The van der Waals surface area contributed by atoms with E-state index < -0.39 is 6.03 Å². The summed E-state index contributed by atoms with van der Waals surface area (Å²) in [5.74, 6) is 0.361. The Morgan fingerprint density at radius 2 is 1.90 bits per heavy atom. The molecule has 1 heterocycles. The molecule has 0 radical (unpaired) electrons. The van der Waals surface area contributed by atoms with Crippen molar-refractivity contribution in [2.75, 3.05) is 9.62 Å². The molecule has 0 bridgehead atoms. The van der Waals surface area contributed by atoms with Crippen LogP contribution in [0.3, 0.4) is 0 Å². The summed E-state index contributed by atoms with van der Waals surface area (Å²) in [5.41, 5.74) is 2.31. The fraction of sp³-hybridized carbons (Fsp3) is 0.0667. The highest BCUT2D eigenvalue weighted by Gasteiger charge is 2.19. The summed E-state index contributed by atoms with van der Waals surface area (Å²) >= 11 is 4.22. The fourth-order valence-electron chi connectivity index (χ4n) is 2.00. The lowest BCUT2D eigenvalue weighted by molar-refractivity contribution is 0.260. The Hall–Kier alpha value is -2.47. The monoisotopic (exact) mass is 299 g/mol. The molecule has 3 aromatic rings. The number of thiol groups is 1. The molecular weight excluding hydrogens is 286 g/mol. The number of hydrogen-bond donors (Lipinski definition) is 2. The van der Waals surface area contributed by atoms with Gasteiger partial charge in [-0.2, -0.15) is 0 Å². The minimum atomic E-state index is -0.397. The van der Waals surface area contributed by atoms with E-state index in [0.29, 0.717) is 11.4 Å². The minimum absolute atomic E-state index is 0.361. The first-order chi connectivity index (χ1) is 10.2. The van der Waals surface area contributed by atoms with Crippen molar-refractivity contribution >= 4 is 41.3 Å². The van der Waals surface area contributed by atoms with Gasteiger partial charge >= 0.3 is 6.03 Å². The third-order valence-electron chi connectivity index (χ3n) is 3.14. The van der Waals surface area contributed by atoms with Gasteiger partial charge in [-0.05, 0) is 30.7 Å². The van der Waals surface area contributed by atoms with Gasteiger partial charge in [0.1, 0.15) is 0 Å². The van der Waals surface area contributed by atoms with Crippen LogP contribution < -0.4 is 9.62 Å². The molecule has 0 aliphatic rings. The lowest BCUT2D eigenvalue weighted by Crippen LogP contribution is -2.27. The van der Waals surface area contributed by atoms with E-state index in [0.717, 1.165) is 20.9 Å². The SMILES string of the molecule is Cc1ccccc1NC(=O)N(S)c1noc2ccccc12. The average Bonchev–Trinajstić information content (AvgIpc) is 2.92. The molecule has 0 aliphatic heterocycles. The van der Waals surface area contributed by atoms with Crippen LogP contribution in [-0.2, 0) is 0 Å². The molecule has 1 N–H and O–H groups in total. The molecule has 0 spiro atoms. The minimum Gasteiger partial charge on any atom is -0.354 e. The van der Waals surface area contributed by atoms with Gasteiger partial charge in [0.05, 0.1) is 5.39 Å². The molecule has 21 heavy (non-hydrogen) atoms. The number of nitrogens with one attached hydrogen (secondary N) is 1. The maximum absolute atomic E-state index is 12.3. The Kier molecular flexibility index (Phi) is 3.53. The predicted octanol–water partition coefficient (Wildman–Crippen LogP) is 4.02. The van der Waals surface area contributed by atoms with Gasteiger partial charge in [0.25, 0.3) is 0 Å². The average molecular weight is 299 g/mol. The Balaban J connectivity index is 1.86. The molecule has 0 saturated carbocycles. The van der Waals surface area contributed by atoms with Crippen molar-refractivity contribution < 1.29 is 9.32 Å². The maximum Gasteiger partial charge on any atom is 0.337 e. The molecule has 0 atom stereocenters. The summed E-state index contributed by atoms with van der Waals surface area (Å²) < 4.78 is 6.31. The number of benzene rings is 2. The first-order valence-corrected chi connectivity index (χ1v) is 6.77. The fourth-order valence-corrected chi connectivity index (χ4v) is 2.20. The molecule has 0 aliphatic carbocycles. The smallest absolute Gasteiger partial charge is 0.337 e. The summed E-state index contributed by atoms with van der Waals surface area (Å²) in [4.78, 5) is 12.3. The third-order valence-corrected chi connectivity index (χ3v) is 3.51. The molecular formula is C15H13N3O2S. The summed E-state index contributed by atoms with van der Waals surface area (Å²) in [6, 6.07) is 14.4. The van der Waals surface area contributed by atoms with E-state index in [-0.39, 0.29) is 0 Å². The molecule has 106 valence electrons. The molecule has 5 nitrogen and oxygen atoms in total. The first kappa shape index (κ1) is 13.5.